The van der Waals surface area contributed by atoms with Gasteiger partial charge in [0.05, 0.1) is 33.8 Å². The summed E-state index contributed by atoms with van der Waals surface area (Å²) in [5, 5.41) is 3.00. The number of quaternary nitrogens is 1. The van der Waals surface area contributed by atoms with E-state index in [-0.39, 0.29) is 18.9 Å². The highest BCUT2D eigenvalue weighted by Gasteiger charge is 2.27. The lowest BCUT2D eigenvalue weighted by Crippen LogP contribution is -2.47. The zero-order valence-corrected chi connectivity index (χ0v) is 45.2. The summed E-state index contributed by atoms with van der Waals surface area (Å²) in [6.45, 7) is 6.76. The molecular weight excluding hydrogens is 856 g/mol. The maximum absolute atomic E-state index is 13.4. The van der Waals surface area contributed by atoms with Crippen molar-refractivity contribution in [3.05, 3.63) is 60.8 Å². The van der Waals surface area contributed by atoms with Crippen LogP contribution in [0.2, 0.25) is 0 Å². The second-order valence-electron chi connectivity index (χ2n) is 19.7. The molecule has 0 aliphatic rings. The van der Waals surface area contributed by atoms with Gasteiger partial charge in [0, 0.05) is 12.8 Å². The summed E-state index contributed by atoms with van der Waals surface area (Å²) in [6, 6.07) is -0.907. The van der Waals surface area contributed by atoms with Gasteiger partial charge in [0.2, 0.25) is 5.91 Å². The van der Waals surface area contributed by atoms with Crippen LogP contribution in [-0.2, 0) is 27.9 Å². The molecule has 0 rings (SSSR count). The van der Waals surface area contributed by atoms with Crippen LogP contribution in [0.1, 0.15) is 239 Å². The van der Waals surface area contributed by atoms with E-state index in [2.05, 4.69) is 74.7 Å². The number of phosphoric acid groups is 1. The molecule has 0 aliphatic heterocycles. The van der Waals surface area contributed by atoms with Gasteiger partial charge >= 0.3 is 5.97 Å². The van der Waals surface area contributed by atoms with E-state index in [1.807, 2.05) is 33.3 Å². The quantitative estimate of drug-likeness (QED) is 0.0212. The first kappa shape index (κ1) is 64.7. The van der Waals surface area contributed by atoms with Crippen molar-refractivity contribution < 1.29 is 37.3 Å². The first-order chi connectivity index (χ1) is 32.4. The number of nitrogens with one attached hydrogen (secondary N) is 1. The summed E-state index contributed by atoms with van der Waals surface area (Å²) < 4.78 is 30.1. The van der Waals surface area contributed by atoms with Gasteiger partial charge in [-0.2, -0.15) is 0 Å². The molecule has 0 aromatic rings. The van der Waals surface area contributed by atoms with E-state index in [1.165, 1.54) is 135 Å². The first-order valence-electron chi connectivity index (χ1n) is 27.6. The van der Waals surface area contributed by atoms with Crippen molar-refractivity contribution in [1.29, 1.82) is 0 Å². The van der Waals surface area contributed by atoms with Crippen molar-refractivity contribution in [3.63, 3.8) is 0 Å². The lowest BCUT2D eigenvalue weighted by molar-refractivity contribution is -0.870. The average Bonchev–Trinajstić information content (AvgIpc) is 3.28. The van der Waals surface area contributed by atoms with E-state index < -0.39 is 32.5 Å². The van der Waals surface area contributed by atoms with E-state index in [0.717, 1.165) is 64.2 Å². The predicted octanol–water partition coefficient (Wildman–Crippen LogP) is 15.7. The Bertz CT molecular complexity index is 1340. The smallest absolute Gasteiger partial charge is 0.306 e. The van der Waals surface area contributed by atoms with Gasteiger partial charge in [0.1, 0.15) is 19.3 Å². The minimum absolute atomic E-state index is 0.0309. The molecule has 1 N–H and O–H groups in total. The molecule has 3 unspecified atom stereocenters. The van der Waals surface area contributed by atoms with Gasteiger partial charge in [-0.1, -0.05) is 217 Å². The Hall–Kier alpha value is -2.29. The van der Waals surface area contributed by atoms with Crippen molar-refractivity contribution in [1.82, 2.24) is 5.32 Å². The van der Waals surface area contributed by atoms with Gasteiger partial charge in [-0.15, -0.1) is 0 Å². The fraction of sp³-hybridized carbons (Fsp3) is 0.789. The second kappa shape index (κ2) is 47.4. The Morgan fingerprint density at radius 2 is 0.925 bits per heavy atom. The van der Waals surface area contributed by atoms with E-state index in [9.17, 15) is 19.0 Å². The topological polar surface area (TPSA) is 114 Å². The Kier molecular flexibility index (Phi) is 45.8. The fourth-order valence-corrected chi connectivity index (χ4v) is 8.35. The summed E-state index contributed by atoms with van der Waals surface area (Å²) in [5.41, 5.74) is 0. The maximum atomic E-state index is 13.4. The molecular formula is C57H105N2O7P. The number of ether oxygens (including phenoxy) is 1. The van der Waals surface area contributed by atoms with Crippen molar-refractivity contribution >= 4 is 19.7 Å². The molecule has 0 bridgehead atoms. The zero-order valence-electron chi connectivity index (χ0n) is 44.3. The highest BCUT2D eigenvalue weighted by atomic mass is 31.2. The molecule has 9 nitrogen and oxygen atoms in total. The Morgan fingerprint density at radius 1 is 0.522 bits per heavy atom. The van der Waals surface area contributed by atoms with Crippen LogP contribution in [0, 0.1) is 0 Å². The van der Waals surface area contributed by atoms with E-state index in [0.29, 0.717) is 23.9 Å². The molecule has 0 radical (unpaired) electrons. The van der Waals surface area contributed by atoms with Crippen molar-refractivity contribution in [3.8, 4) is 0 Å². The predicted molar refractivity (Wildman–Crippen MR) is 284 cm³/mol. The molecule has 0 aromatic carbocycles. The molecule has 67 heavy (non-hydrogen) atoms. The highest BCUT2D eigenvalue weighted by Crippen LogP contribution is 2.38. The number of amides is 1. The number of unbranched alkanes of at least 4 members (excludes halogenated alkanes) is 25. The molecule has 0 spiro atoms. The molecule has 0 saturated carbocycles. The third kappa shape index (κ3) is 48.5. The van der Waals surface area contributed by atoms with Gasteiger partial charge in [0.15, 0.2) is 0 Å². The normalized spacial score (nSPS) is 14.3. The van der Waals surface area contributed by atoms with E-state index in [1.54, 1.807) is 0 Å². The minimum atomic E-state index is -4.70. The van der Waals surface area contributed by atoms with Crippen LogP contribution in [-0.4, -0.2) is 69.4 Å². The number of esters is 1. The molecule has 0 saturated heterocycles. The molecule has 10 heteroatoms. The number of likely N-dealkylation sites (N-methyl/N-ethyl adjacent to an activating group) is 1. The first-order valence-corrected chi connectivity index (χ1v) is 29.1. The number of nitrogens with zero attached hydrogens (tertiary/aromatic N) is 1. The van der Waals surface area contributed by atoms with Gasteiger partial charge < -0.3 is 28.5 Å². The third-order valence-electron chi connectivity index (χ3n) is 12.0. The molecule has 0 aliphatic carbocycles. The summed E-state index contributed by atoms with van der Waals surface area (Å²) >= 11 is 0. The summed E-state index contributed by atoms with van der Waals surface area (Å²) in [5.74, 6) is -0.606. The number of hydrogen-bond acceptors (Lipinski definition) is 7. The van der Waals surface area contributed by atoms with Crippen LogP contribution in [0.3, 0.4) is 0 Å². The van der Waals surface area contributed by atoms with Crippen LogP contribution in [0.4, 0.5) is 0 Å². The Labute approximate surface area is 413 Å². The maximum Gasteiger partial charge on any atom is 0.306 e. The number of carbonyl (C=O) groups is 2. The summed E-state index contributed by atoms with van der Waals surface area (Å²) in [7, 11) is 1.16. The van der Waals surface area contributed by atoms with E-state index >= 15 is 0 Å². The largest absolute Gasteiger partial charge is 0.756 e. The van der Waals surface area contributed by atoms with Crippen LogP contribution >= 0.6 is 7.82 Å². The standard InChI is InChI=1S/C57H105N2O7P/c1-7-10-13-16-19-22-25-27-28-29-30-32-35-38-41-44-47-50-57(61)66-55(48-45-42-39-36-34-31-26-23-20-17-14-11-8-2)54(53-65-67(62,63)64-52-51-59(4,5)6)58-56(60)49-46-43-40-37-33-24-21-18-15-12-9-3/h19,22,27-28,30,32,38,41,45,48,54-55H,7-18,20-21,23-26,29,31,33-37,39-40,42-44,46-47,49-53H2,1-6H3,(H-,58,60,62,63)/b22-19-,28-27-,32-30-,41-38-,48-45-. The molecule has 0 aromatic heterocycles. The van der Waals surface area contributed by atoms with Gasteiger partial charge in [-0.25, -0.2) is 0 Å². The van der Waals surface area contributed by atoms with Crippen LogP contribution in [0.5, 0.6) is 0 Å². The monoisotopic (exact) mass is 961 g/mol. The van der Waals surface area contributed by atoms with Crippen molar-refractivity contribution in [2.75, 3.05) is 40.9 Å². The number of rotatable bonds is 49. The lowest BCUT2D eigenvalue weighted by Gasteiger charge is -2.30. The SMILES string of the molecule is CCCCC/C=C\C/C=C\C/C=C\C/C=C\CCCC(=O)OC(/C=C\CCCCCCCCCCCCC)C(COP(=O)([O-])OCC[N+](C)(C)C)NC(=O)CCCCCCCCCCCCC. The lowest BCUT2D eigenvalue weighted by atomic mass is 10.0. The van der Waals surface area contributed by atoms with Crippen LogP contribution < -0.4 is 10.2 Å². The number of allylic oxidation sites excluding steroid dienone is 9. The van der Waals surface area contributed by atoms with Gasteiger partial charge in [-0.05, 0) is 70.3 Å². The molecule has 0 fully saturated rings. The second-order valence-corrected chi connectivity index (χ2v) is 21.1. The van der Waals surface area contributed by atoms with Crippen LogP contribution in [0.25, 0.3) is 0 Å². The van der Waals surface area contributed by atoms with E-state index in [4.69, 9.17) is 13.8 Å². The highest BCUT2D eigenvalue weighted by molar-refractivity contribution is 7.45. The van der Waals surface area contributed by atoms with Gasteiger partial charge in [-0.3, -0.25) is 14.2 Å². The fourth-order valence-electron chi connectivity index (χ4n) is 7.63. The minimum Gasteiger partial charge on any atom is -0.756 e. The summed E-state index contributed by atoms with van der Waals surface area (Å²) in [6.07, 6.45) is 57.6. The summed E-state index contributed by atoms with van der Waals surface area (Å²) in [4.78, 5) is 39.7. The molecule has 390 valence electrons. The molecule has 1 amide bonds. The van der Waals surface area contributed by atoms with Crippen LogP contribution in [0.15, 0.2) is 60.8 Å². The number of phosphoric ester groups is 1. The number of carbonyl (C=O) groups excluding carboxylic acids is 2. The number of hydrogen-bond donors (Lipinski definition) is 1. The molecule has 3 atom stereocenters. The molecule has 0 heterocycles. The van der Waals surface area contributed by atoms with Crippen molar-refractivity contribution in [2.45, 2.75) is 251 Å². The Balaban J connectivity index is 5.48. The van der Waals surface area contributed by atoms with Gasteiger partial charge in [0.25, 0.3) is 7.82 Å². The average molecular weight is 961 g/mol. The van der Waals surface area contributed by atoms with Crippen molar-refractivity contribution in [2.24, 2.45) is 0 Å². The zero-order chi connectivity index (χ0) is 49.4. The Morgan fingerprint density at radius 3 is 1.42 bits per heavy atom. The third-order valence-corrected chi connectivity index (χ3v) is 12.9.